The fraction of sp³-hybridized carbons (Fsp3) is 0.417. The monoisotopic (exact) mass is 533 g/mol. The highest BCUT2D eigenvalue weighted by Crippen LogP contribution is 2.39. The van der Waals surface area contributed by atoms with E-state index in [1.54, 1.807) is 17.9 Å². The van der Waals surface area contributed by atoms with E-state index in [4.69, 9.17) is 0 Å². The molecule has 2 amide bonds. The third kappa shape index (κ3) is 4.85. The second-order valence-corrected chi connectivity index (χ2v) is 11.4. The molecule has 2 aliphatic rings. The predicted octanol–water partition coefficient (Wildman–Crippen LogP) is 4.10. The number of hydrogen-bond donors (Lipinski definition) is 1. The summed E-state index contributed by atoms with van der Waals surface area (Å²) in [5, 5.41) is 2.91. The summed E-state index contributed by atoms with van der Waals surface area (Å²) >= 11 is 3.43. The van der Waals surface area contributed by atoms with E-state index in [2.05, 4.69) is 21.2 Å². The lowest BCUT2D eigenvalue weighted by Crippen LogP contribution is -2.44. The molecule has 2 aromatic rings. The average molecular weight is 534 g/mol. The minimum absolute atomic E-state index is 0.0958. The molecule has 9 heteroatoms. The molecule has 1 unspecified atom stereocenters. The van der Waals surface area contributed by atoms with Crippen molar-refractivity contribution in [1.82, 2.24) is 4.31 Å². The van der Waals surface area contributed by atoms with Gasteiger partial charge in [-0.3, -0.25) is 9.59 Å². The topological polar surface area (TPSA) is 86.8 Å². The Morgan fingerprint density at radius 2 is 1.88 bits per heavy atom. The molecule has 2 aliphatic heterocycles. The standard InChI is InChI=1S/C24H28BrN3O4S/c1-3-22(29)28-12-10-17-13-19(25)14-21(23(17)28)33(31,32)27-11-4-5-18(15-27)24(30)26-20-8-6-16(2)7-9-20/h6-9,13-14,18H,3-5,10-12,15H2,1-2H3,(H,26,30). The fourth-order valence-electron chi connectivity index (χ4n) is 4.50. The molecule has 1 N–H and O–H groups in total. The number of nitrogens with one attached hydrogen (secondary N) is 1. The molecule has 0 bridgehead atoms. The van der Waals surface area contributed by atoms with E-state index in [1.807, 2.05) is 37.3 Å². The van der Waals surface area contributed by atoms with E-state index in [-0.39, 0.29) is 23.3 Å². The van der Waals surface area contributed by atoms with Gasteiger partial charge in [0.2, 0.25) is 21.8 Å². The number of carbonyl (C=O) groups excluding carboxylic acids is 2. The largest absolute Gasteiger partial charge is 0.326 e. The Morgan fingerprint density at radius 3 is 2.58 bits per heavy atom. The Kier molecular flexibility index (Phi) is 6.93. The molecule has 0 saturated carbocycles. The van der Waals surface area contributed by atoms with E-state index < -0.39 is 15.9 Å². The minimum atomic E-state index is -3.90. The van der Waals surface area contributed by atoms with Gasteiger partial charge >= 0.3 is 0 Å². The van der Waals surface area contributed by atoms with Crippen molar-refractivity contribution in [3.63, 3.8) is 0 Å². The van der Waals surface area contributed by atoms with E-state index in [0.717, 1.165) is 11.1 Å². The van der Waals surface area contributed by atoms with Crippen molar-refractivity contribution in [2.45, 2.75) is 44.4 Å². The molecule has 4 rings (SSSR count). The van der Waals surface area contributed by atoms with Crippen LogP contribution in [0.15, 0.2) is 45.8 Å². The summed E-state index contributed by atoms with van der Waals surface area (Å²) in [6.45, 7) is 4.68. The van der Waals surface area contributed by atoms with E-state index >= 15 is 0 Å². The van der Waals surface area contributed by atoms with Crippen LogP contribution < -0.4 is 10.2 Å². The van der Waals surface area contributed by atoms with Gasteiger partial charge in [0.15, 0.2) is 0 Å². The number of anilines is 2. The molecule has 0 radical (unpaired) electrons. The van der Waals surface area contributed by atoms with Crippen molar-refractivity contribution in [3.8, 4) is 0 Å². The third-order valence-electron chi connectivity index (χ3n) is 6.29. The van der Waals surface area contributed by atoms with E-state index in [0.29, 0.717) is 54.6 Å². The second kappa shape index (κ2) is 9.56. The van der Waals surface area contributed by atoms with E-state index in [1.165, 1.54) is 4.31 Å². The van der Waals surface area contributed by atoms with Crippen LogP contribution >= 0.6 is 15.9 Å². The summed E-state index contributed by atoms with van der Waals surface area (Å²) in [7, 11) is -3.90. The Bertz CT molecular complexity index is 1180. The first-order chi connectivity index (χ1) is 15.7. The number of nitrogens with zero attached hydrogens (tertiary/aromatic N) is 2. The molecule has 0 spiro atoms. The lowest BCUT2D eigenvalue weighted by molar-refractivity contribution is -0.121. The van der Waals surface area contributed by atoms with Crippen molar-refractivity contribution < 1.29 is 18.0 Å². The number of benzene rings is 2. The van der Waals surface area contributed by atoms with E-state index in [9.17, 15) is 18.0 Å². The van der Waals surface area contributed by atoms with Gasteiger partial charge in [-0.05, 0) is 56.0 Å². The Morgan fingerprint density at radius 1 is 1.15 bits per heavy atom. The van der Waals surface area contributed by atoms with Crippen LogP contribution in [0.5, 0.6) is 0 Å². The van der Waals surface area contributed by atoms with Gasteiger partial charge in [0, 0.05) is 36.2 Å². The Hall–Kier alpha value is -2.23. The first-order valence-corrected chi connectivity index (χ1v) is 13.4. The number of aryl methyl sites for hydroxylation is 1. The number of rotatable bonds is 5. The molecule has 176 valence electrons. The van der Waals surface area contributed by atoms with Gasteiger partial charge in [-0.1, -0.05) is 40.5 Å². The van der Waals surface area contributed by atoms with Crippen LogP contribution in [0.1, 0.15) is 37.3 Å². The minimum Gasteiger partial charge on any atom is -0.326 e. The molecular weight excluding hydrogens is 506 g/mol. The van der Waals surface area contributed by atoms with Crippen molar-refractivity contribution in [1.29, 1.82) is 0 Å². The number of sulfonamides is 1. The molecule has 2 aromatic carbocycles. The van der Waals surface area contributed by atoms with Crippen LogP contribution in [-0.2, 0) is 26.0 Å². The number of piperidine rings is 1. The summed E-state index contributed by atoms with van der Waals surface area (Å²) in [5.41, 5.74) is 3.12. The Balaban J connectivity index is 1.60. The average Bonchev–Trinajstić information content (AvgIpc) is 3.23. The summed E-state index contributed by atoms with van der Waals surface area (Å²) < 4.78 is 29.6. The van der Waals surface area contributed by atoms with Gasteiger partial charge in [-0.15, -0.1) is 0 Å². The highest BCUT2D eigenvalue weighted by atomic mass is 79.9. The lowest BCUT2D eigenvalue weighted by atomic mass is 9.98. The van der Waals surface area contributed by atoms with Gasteiger partial charge in [-0.2, -0.15) is 4.31 Å². The van der Waals surface area contributed by atoms with Crippen LogP contribution in [0.2, 0.25) is 0 Å². The van der Waals surface area contributed by atoms with Gasteiger partial charge in [-0.25, -0.2) is 8.42 Å². The highest BCUT2D eigenvalue weighted by molar-refractivity contribution is 9.10. The first-order valence-electron chi connectivity index (χ1n) is 11.2. The molecule has 0 aliphatic carbocycles. The van der Waals surface area contributed by atoms with Crippen molar-refractivity contribution in [2.24, 2.45) is 5.92 Å². The quantitative estimate of drug-likeness (QED) is 0.626. The maximum Gasteiger partial charge on any atom is 0.245 e. The highest BCUT2D eigenvalue weighted by Gasteiger charge is 2.38. The van der Waals surface area contributed by atoms with Gasteiger partial charge < -0.3 is 10.2 Å². The SMILES string of the molecule is CCC(=O)N1CCc2cc(Br)cc(S(=O)(=O)N3CCCC(C(=O)Nc4ccc(C)cc4)C3)c21. The summed E-state index contributed by atoms with van der Waals surface area (Å²) in [6.07, 6.45) is 2.14. The zero-order chi connectivity index (χ0) is 23.8. The summed E-state index contributed by atoms with van der Waals surface area (Å²) in [4.78, 5) is 27.1. The Labute approximate surface area is 203 Å². The van der Waals surface area contributed by atoms with Crippen LogP contribution in [-0.4, -0.2) is 44.2 Å². The van der Waals surface area contributed by atoms with Crippen LogP contribution in [0, 0.1) is 12.8 Å². The number of halogens is 1. The van der Waals surface area contributed by atoms with Gasteiger partial charge in [0.1, 0.15) is 4.90 Å². The first kappa shape index (κ1) is 23.9. The molecule has 2 heterocycles. The zero-order valence-corrected chi connectivity index (χ0v) is 21.2. The number of carbonyl (C=O) groups is 2. The number of fused-ring (bicyclic) bond motifs is 1. The zero-order valence-electron chi connectivity index (χ0n) is 18.8. The molecule has 33 heavy (non-hydrogen) atoms. The smallest absolute Gasteiger partial charge is 0.245 e. The maximum atomic E-state index is 13.8. The molecule has 1 fully saturated rings. The third-order valence-corrected chi connectivity index (χ3v) is 8.63. The van der Waals surface area contributed by atoms with Crippen molar-refractivity contribution in [2.75, 3.05) is 29.9 Å². The van der Waals surface area contributed by atoms with Crippen LogP contribution in [0.3, 0.4) is 0 Å². The van der Waals surface area contributed by atoms with Gasteiger partial charge in [0.05, 0.1) is 11.6 Å². The molecule has 0 aromatic heterocycles. The normalized spacial score (nSPS) is 18.8. The van der Waals surface area contributed by atoms with Crippen LogP contribution in [0.4, 0.5) is 11.4 Å². The number of hydrogen-bond acceptors (Lipinski definition) is 4. The second-order valence-electron chi connectivity index (χ2n) is 8.62. The van der Waals surface area contributed by atoms with Crippen molar-refractivity contribution >= 4 is 49.1 Å². The molecule has 1 saturated heterocycles. The predicted molar refractivity (Wildman–Crippen MR) is 132 cm³/mol. The maximum absolute atomic E-state index is 13.8. The van der Waals surface area contributed by atoms with Crippen molar-refractivity contribution in [3.05, 3.63) is 52.0 Å². The van der Waals surface area contributed by atoms with Gasteiger partial charge in [0.25, 0.3) is 0 Å². The molecular formula is C24H28BrN3O4S. The summed E-state index contributed by atoms with van der Waals surface area (Å²) in [5.74, 6) is -0.717. The lowest BCUT2D eigenvalue weighted by Gasteiger charge is -2.32. The molecule has 1 atom stereocenters. The fourth-order valence-corrected chi connectivity index (χ4v) is 6.94. The van der Waals surface area contributed by atoms with Crippen LogP contribution in [0.25, 0.3) is 0 Å². The molecule has 7 nitrogen and oxygen atoms in total. The summed E-state index contributed by atoms with van der Waals surface area (Å²) in [6, 6.07) is 11.0. The number of amides is 2.